The maximum atomic E-state index is 12.6. The van der Waals surface area contributed by atoms with E-state index in [1.54, 1.807) is 13.1 Å². The van der Waals surface area contributed by atoms with Gasteiger partial charge in [0.2, 0.25) is 5.91 Å². The molecule has 0 unspecified atom stereocenters. The van der Waals surface area contributed by atoms with Gasteiger partial charge in [-0.15, -0.1) is 22.7 Å². The van der Waals surface area contributed by atoms with Crippen LogP contribution in [0, 0.1) is 0 Å². The quantitative estimate of drug-likeness (QED) is 0.519. The number of thiazole rings is 1. The number of hydrogen-bond acceptors (Lipinski definition) is 6. The fourth-order valence-electron chi connectivity index (χ4n) is 2.75. The summed E-state index contributed by atoms with van der Waals surface area (Å²) in [4.78, 5) is 37.9. The summed E-state index contributed by atoms with van der Waals surface area (Å²) < 4.78 is 0.590. The first-order valence-corrected chi connectivity index (χ1v) is 10.5. The highest BCUT2D eigenvalue weighted by atomic mass is 35.5. The van der Waals surface area contributed by atoms with E-state index in [-0.39, 0.29) is 24.4 Å². The molecule has 6 nitrogen and oxygen atoms in total. The Kier molecular flexibility index (Phi) is 5.25. The van der Waals surface area contributed by atoms with E-state index in [1.165, 1.54) is 27.6 Å². The van der Waals surface area contributed by atoms with Crippen molar-refractivity contribution < 1.29 is 4.79 Å². The SMILES string of the molecule is CN(Cc1nc2ccsc2c(=O)[nH]1)C(=O)Cc1csc(-c2ccccc2Cl)n1. The van der Waals surface area contributed by atoms with Crippen molar-refractivity contribution >= 4 is 50.4 Å². The second-order valence-electron chi connectivity index (χ2n) is 6.20. The van der Waals surface area contributed by atoms with E-state index >= 15 is 0 Å². The van der Waals surface area contributed by atoms with Crippen molar-refractivity contribution in [2.75, 3.05) is 7.05 Å². The number of aromatic nitrogens is 3. The summed E-state index contributed by atoms with van der Waals surface area (Å²) in [6, 6.07) is 9.28. The van der Waals surface area contributed by atoms with Crippen molar-refractivity contribution in [3.8, 4) is 10.6 Å². The number of amides is 1. The third-order valence-electron chi connectivity index (χ3n) is 4.16. The number of benzene rings is 1. The van der Waals surface area contributed by atoms with Gasteiger partial charge in [0.05, 0.1) is 29.2 Å². The van der Waals surface area contributed by atoms with E-state index < -0.39 is 0 Å². The standard InChI is InChI=1S/C19H15ClN4O2S2/c1-24(9-15-22-14-6-7-27-17(14)18(26)23-15)16(25)8-11-10-28-19(21-11)12-4-2-3-5-13(12)20/h2-7,10H,8-9H2,1H3,(H,22,23,26). The molecule has 4 aromatic rings. The van der Waals surface area contributed by atoms with Gasteiger partial charge >= 0.3 is 0 Å². The maximum absolute atomic E-state index is 12.6. The molecular weight excluding hydrogens is 416 g/mol. The number of fused-ring (bicyclic) bond motifs is 1. The molecule has 1 amide bonds. The number of carbonyl (C=O) groups excluding carboxylic acids is 1. The summed E-state index contributed by atoms with van der Waals surface area (Å²) in [5.41, 5.74) is 2.01. The minimum absolute atomic E-state index is 0.107. The van der Waals surface area contributed by atoms with E-state index in [4.69, 9.17) is 11.6 Å². The molecule has 0 aliphatic rings. The first-order valence-electron chi connectivity index (χ1n) is 8.41. The van der Waals surface area contributed by atoms with Crippen molar-refractivity contribution in [3.63, 3.8) is 0 Å². The molecule has 0 radical (unpaired) electrons. The summed E-state index contributed by atoms with van der Waals surface area (Å²) in [7, 11) is 1.68. The van der Waals surface area contributed by atoms with Crippen molar-refractivity contribution in [3.05, 3.63) is 68.0 Å². The smallest absolute Gasteiger partial charge is 0.268 e. The predicted molar refractivity (Wildman–Crippen MR) is 113 cm³/mol. The maximum Gasteiger partial charge on any atom is 0.268 e. The van der Waals surface area contributed by atoms with Crippen LogP contribution in [-0.4, -0.2) is 32.8 Å². The Hall–Kier alpha value is -2.55. The topological polar surface area (TPSA) is 79.0 Å². The first-order chi connectivity index (χ1) is 13.5. The summed E-state index contributed by atoms with van der Waals surface area (Å²) in [5, 5.41) is 5.10. The molecule has 4 rings (SSSR count). The van der Waals surface area contributed by atoms with Crippen LogP contribution in [0.15, 0.2) is 45.9 Å². The summed E-state index contributed by atoms with van der Waals surface area (Å²) in [5.74, 6) is 0.353. The number of nitrogens with zero attached hydrogens (tertiary/aromatic N) is 3. The average Bonchev–Trinajstić information content (AvgIpc) is 3.31. The lowest BCUT2D eigenvalue weighted by Crippen LogP contribution is -2.29. The van der Waals surface area contributed by atoms with Crippen LogP contribution < -0.4 is 5.56 Å². The predicted octanol–water partition coefficient (Wildman–Crippen LogP) is 3.96. The van der Waals surface area contributed by atoms with Gasteiger partial charge in [0.25, 0.3) is 5.56 Å². The van der Waals surface area contributed by atoms with Crippen LogP contribution in [0.4, 0.5) is 0 Å². The van der Waals surface area contributed by atoms with Gasteiger partial charge in [-0.3, -0.25) is 9.59 Å². The Balaban J connectivity index is 1.46. The Bertz CT molecular complexity index is 1210. The number of likely N-dealkylation sites (N-methyl/N-ethyl adjacent to an activating group) is 1. The van der Waals surface area contributed by atoms with Crippen LogP contribution in [0.25, 0.3) is 20.8 Å². The largest absolute Gasteiger partial charge is 0.338 e. The average molecular weight is 431 g/mol. The molecule has 0 atom stereocenters. The van der Waals surface area contributed by atoms with E-state index in [0.717, 1.165) is 10.6 Å². The van der Waals surface area contributed by atoms with E-state index in [9.17, 15) is 9.59 Å². The zero-order valence-corrected chi connectivity index (χ0v) is 17.2. The van der Waals surface area contributed by atoms with Gasteiger partial charge in [-0.25, -0.2) is 9.97 Å². The lowest BCUT2D eigenvalue weighted by Gasteiger charge is -2.15. The summed E-state index contributed by atoms with van der Waals surface area (Å²) in [6.45, 7) is 0.224. The molecule has 0 fully saturated rings. The number of aromatic amines is 1. The molecule has 28 heavy (non-hydrogen) atoms. The normalized spacial score (nSPS) is 11.1. The van der Waals surface area contributed by atoms with Gasteiger partial charge in [-0.2, -0.15) is 0 Å². The Labute approximate surface area is 173 Å². The molecule has 0 saturated heterocycles. The molecule has 3 aromatic heterocycles. The Morgan fingerprint density at radius 1 is 1.21 bits per heavy atom. The highest BCUT2D eigenvalue weighted by Crippen LogP contribution is 2.30. The van der Waals surface area contributed by atoms with Gasteiger partial charge in [0, 0.05) is 18.0 Å². The van der Waals surface area contributed by atoms with Gasteiger partial charge < -0.3 is 9.88 Å². The zero-order chi connectivity index (χ0) is 19.7. The number of hydrogen-bond donors (Lipinski definition) is 1. The molecule has 3 heterocycles. The molecule has 0 aliphatic carbocycles. The van der Waals surface area contributed by atoms with Crippen molar-refractivity contribution in [1.29, 1.82) is 0 Å². The molecule has 9 heteroatoms. The number of halogens is 1. The van der Waals surface area contributed by atoms with Crippen LogP contribution in [0.2, 0.25) is 5.02 Å². The number of thiophene rings is 1. The summed E-state index contributed by atoms with van der Waals surface area (Å²) in [6.07, 6.45) is 0.169. The molecule has 142 valence electrons. The second-order valence-corrected chi connectivity index (χ2v) is 8.38. The molecule has 1 N–H and O–H groups in total. The monoisotopic (exact) mass is 430 g/mol. The van der Waals surface area contributed by atoms with Crippen molar-refractivity contribution in [2.45, 2.75) is 13.0 Å². The van der Waals surface area contributed by atoms with E-state index in [2.05, 4.69) is 15.0 Å². The fourth-order valence-corrected chi connectivity index (χ4v) is 4.61. The van der Waals surface area contributed by atoms with Crippen LogP contribution >= 0.6 is 34.3 Å². The number of H-pyrrole nitrogens is 1. The molecule has 0 bridgehead atoms. The molecular formula is C19H15ClN4O2S2. The lowest BCUT2D eigenvalue weighted by molar-refractivity contribution is -0.129. The van der Waals surface area contributed by atoms with Gasteiger partial charge in [0.15, 0.2) is 0 Å². The highest BCUT2D eigenvalue weighted by molar-refractivity contribution is 7.17. The molecule has 0 saturated carbocycles. The fraction of sp³-hybridized carbons (Fsp3) is 0.158. The second kappa shape index (κ2) is 7.83. The Morgan fingerprint density at radius 3 is 2.86 bits per heavy atom. The molecule has 0 spiro atoms. The highest BCUT2D eigenvalue weighted by Gasteiger charge is 2.15. The number of rotatable bonds is 5. The van der Waals surface area contributed by atoms with Crippen LogP contribution in [0.1, 0.15) is 11.5 Å². The van der Waals surface area contributed by atoms with E-state index in [0.29, 0.717) is 26.8 Å². The van der Waals surface area contributed by atoms with Gasteiger partial charge in [-0.1, -0.05) is 29.8 Å². The summed E-state index contributed by atoms with van der Waals surface area (Å²) >= 11 is 9.02. The number of nitrogens with one attached hydrogen (secondary N) is 1. The van der Waals surface area contributed by atoms with Crippen LogP contribution in [0.5, 0.6) is 0 Å². The zero-order valence-electron chi connectivity index (χ0n) is 14.8. The van der Waals surface area contributed by atoms with Gasteiger partial charge in [0.1, 0.15) is 15.5 Å². The first kappa shape index (κ1) is 18.8. The van der Waals surface area contributed by atoms with E-state index in [1.807, 2.05) is 35.0 Å². The third kappa shape index (κ3) is 3.84. The minimum Gasteiger partial charge on any atom is -0.338 e. The van der Waals surface area contributed by atoms with Gasteiger partial charge in [-0.05, 0) is 17.5 Å². The lowest BCUT2D eigenvalue weighted by atomic mass is 10.2. The number of carbonyl (C=O) groups is 1. The van der Waals surface area contributed by atoms with Crippen molar-refractivity contribution in [1.82, 2.24) is 19.9 Å². The molecule has 1 aromatic carbocycles. The molecule has 0 aliphatic heterocycles. The van der Waals surface area contributed by atoms with Crippen molar-refractivity contribution in [2.24, 2.45) is 0 Å². The third-order valence-corrected chi connectivity index (χ3v) is 6.32. The van der Waals surface area contributed by atoms with Crippen LogP contribution in [0.3, 0.4) is 0 Å². The Morgan fingerprint density at radius 2 is 2.04 bits per heavy atom. The minimum atomic E-state index is -0.181. The van der Waals surface area contributed by atoms with Crippen LogP contribution in [-0.2, 0) is 17.8 Å².